The summed E-state index contributed by atoms with van der Waals surface area (Å²) >= 11 is 0. The van der Waals surface area contributed by atoms with Crippen molar-refractivity contribution in [1.29, 1.82) is 0 Å². The van der Waals surface area contributed by atoms with Crippen molar-refractivity contribution in [3.05, 3.63) is 35.9 Å². The Morgan fingerprint density at radius 3 is 2.26 bits per heavy atom. The monoisotopic (exact) mass is 325 g/mol. The summed E-state index contributed by atoms with van der Waals surface area (Å²) in [5.41, 5.74) is 1.24. The van der Waals surface area contributed by atoms with Gasteiger partial charge in [-0.1, -0.05) is 30.3 Å². The van der Waals surface area contributed by atoms with Gasteiger partial charge in [0.15, 0.2) is 0 Å². The number of alkyl halides is 2. The highest BCUT2D eigenvalue weighted by atomic mass is 19.3. The second-order valence-electron chi connectivity index (χ2n) is 5.99. The van der Waals surface area contributed by atoms with E-state index in [4.69, 9.17) is 5.11 Å². The van der Waals surface area contributed by atoms with E-state index in [-0.39, 0.29) is 5.92 Å². The van der Waals surface area contributed by atoms with Gasteiger partial charge in [0.25, 0.3) is 0 Å². The van der Waals surface area contributed by atoms with Gasteiger partial charge in [0, 0.05) is 12.3 Å². The molecule has 1 fully saturated rings. The number of carbonyl (C=O) groups is 2. The molecule has 6 heteroatoms. The minimum absolute atomic E-state index is 0.297. The fourth-order valence-electron chi connectivity index (χ4n) is 3.10. The van der Waals surface area contributed by atoms with Gasteiger partial charge in [-0.25, -0.2) is 13.6 Å². The Bertz CT molecular complexity index is 528. The zero-order valence-corrected chi connectivity index (χ0v) is 12.8. The number of nitrogens with one attached hydrogen (secondary N) is 1. The van der Waals surface area contributed by atoms with Gasteiger partial charge in [-0.15, -0.1) is 0 Å². The van der Waals surface area contributed by atoms with Crippen LogP contribution in [0.2, 0.25) is 0 Å². The zero-order valence-electron chi connectivity index (χ0n) is 12.8. The van der Waals surface area contributed by atoms with Crippen molar-refractivity contribution in [2.24, 2.45) is 5.92 Å². The molecule has 23 heavy (non-hydrogen) atoms. The Morgan fingerprint density at radius 2 is 1.74 bits per heavy atom. The molecule has 1 aromatic rings. The van der Waals surface area contributed by atoms with E-state index in [1.54, 1.807) is 0 Å². The van der Waals surface area contributed by atoms with Gasteiger partial charge in [-0.3, -0.25) is 4.79 Å². The summed E-state index contributed by atoms with van der Waals surface area (Å²) in [5, 5.41) is 11.2. The van der Waals surface area contributed by atoms with Gasteiger partial charge < -0.3 is 10.4 Å². The van der Waals surface area contributed by atoms with Crippen LogP contribution in [-0.2, 0) is 9.59 Å². The van der Waals surface area contributed by atoms with Crippen LogP contribution in [0.3, 0.4) is 0 Å². The van der Waals surface area contributed by atoms with E-state index in [9.17, 15) is 18.4 Å². The maximum absolute atomic E-state index is 12.4. The van der Waals surface area contributed by atoms with Crippen molar-refractivity contribution in [3.63, 3.8) is 0 Å². The first-order valence-corrected chi connectivity index (χ1v) is 7.83. The number of carboxylic acids is 1. The molecule has 1 atom stereocenters. The van der Waals surface area contributed by atoms with Crippen molar-refractivity contribution in [2.75, 3.05) is 0 Å². The summed E-state index contributed by atoms with van der Waals surface area (Å²) in [6.07, 6.45) is -0.645. The minimum atomic E-state index is -2.76. The van der Waals surface area contributed by atoms with Crippen LogP contribution in [0.4, 0.5) is 8.78 Å². The van der Waals surface area contributed by atoms with Crippen molar-refractivity contribution >= 4 is 11.9 Å². The fourth-order valence-corrected chi connectivity index (χ4v) is 3.10. The lowest BCUT2D eigenvalue weighted by molar-refractivity contribution is -0.143. The van der Waals surface area contributed by atoms with E-state index in [2.05, 4.69) is 17.4 Å². The predicted octanol–water partition coefficient (Wildman–Crippen LogP) is 3.19. The Labute approximate surface area is 133 Å². The maximum atomic E-state index is 12.4. The molecule has 0 bridgehead atoms. The molecule has 1 saturated carbocycles. The highest BCUT2D eigenvalue weighted by molar-refractivity contribution is 5.85. The summed E-state index contributed by atoms with van der Waals surface area (Å²) in [6.45, 7) is 0. The van der Waals surface area contributed by atoms with E-state index < -0.39 is 30.8 Å². The molecule has 1 aliphatic rings. The molecule has 0 aromatic heterocycles. The van der Waals surface area contributed by atoms with Crippen molar-refractivity contribution in [1.82, 2.24) is 5.32 Å². The van der Waals surface area contributed by atoms with Gasteiger partial charge in [0.2, 0.25) is 12.3 Å². The SMILES string of the molecule is O=C(NC(CC(F)F)C(=O)O)C1CCC(c2ccccc2)CC1. The van der Waals surface area contributed by atoms with Crippen molar-refractivity contribution < 1.29 is 23.5 Å². The molecule has 2 N–H and O–H groups in total. The van der Waals surface area contributed by atoms with Crippen LogP contribution >= 0.6 is 0 Å². The average Bonchev–Trinajstić information content (AvgIpc) is 2.54. The quantitative estimate of drug-likeness (QED) is 0.844. The van der Waals surface area contributed by atoms with Gasteiger partial charge >= 0.3 is 5.97 Å². The Kier molecular flexibility index (Phi) is 6.07. The van der Waals surface area contributed by atoms with E-state index >= 15 is 0 Å². The van der Waals surface area contributed by atoms with Crippen LogP contribution in [0.15, 0.2) is 30.3 Å². The third-order valence-electron chi connectivity index (χ3n) is 4.40. The molecule has 126 valence electrons. The summed E-state index contributed by atoms with van der Waals surface area (Å²) in [7, 11) is 0. The Balaban J connectivity index is 1.86. The molecular weight excluding hydrogens is 304 g/mol. The van der Waals surface area contributed by atoms with Gasteiger partial charge in [-0.05, 0) is 37.2 Å². The maximum Gasteiger partial charge on any atom is 0.326 e. The largest absolute Gasteiger partial charge is 0.480 e. The normalized spacial score (nSPS) is 22.6. The first-order chi connectivity index (χ1) is 11.0. The van der Waals surface area contributed by atoms with Crippen molar-refractivity contribution in [2.45, 2.75) is 50.5 Å². The predicted molar refractivity (Wildman–Crippen MR) is 81.3 cm³/mol. The molecule has 0 spiro atoms. The molecule has 0 aliphatic heterocycles. The molecule has 1 aromatic carbocycles. The smallest absolute Gasteiger partial charge is 0.326 e. The molecular formula is C17H21F2NO3. The highest BCUT2D eigenvalue weighted by Crippen LogP contribution is 2.35. The van der Waals surface area contributed by atoms with E-state index in [0.29, 0.717) is 18.8 Å². The number of carboxylic acid groups (broad SMARTS) is 1. The molecule has 1 amide bonds. The Hall–Kier alpha value is -1.98. The van der Waals surface area contributed by atoms with Crippen LogP contribution < -0.4 is 5.32 Å². The molecule has 2 rings (SSSR count). The highest BCUT2D eigenvalue weighted by Gasteiger charge is 2.30. The molecule has 0 saturated heterocycles. The lowest BCUT2D eigenvalue weighted by atomic mass is 9.78. The summed E-state index contributed by atoms with van der Waals surface area (Å²) in [5.74, 6) is -1.74. The summed E-state index contributed by atoms with van der Waals surface area (Å²) in [4.78, 5) is 23.1. The fraction of sp³-hybridized carbons (Fsp3) is 0.529. The number of rotatable bonds is 6. The van der Waals surface area contributed by atoms with E-state index in [1.807, 2.05) is 18.2 Å². The van der Waals surface area contributed by atoms with Gasteiger partial charge in [0.1, 0.15) is 6.04 Å². The van der Waals surface area contributed by atoms with E-state index in [1.165, 1.54) is 5.56 Å². The summed E-state index contributed by atoms with van der Waals surface area (Å²) in [6, 6.07) is 8.53. The van der Waals surface area contributed by atoms with Crippen LogP contribution in [0.25, 0.3) is 0 Å². The molecule has 0 radical (unpaired) electrons. The first kappa shape index (κ1) is 17.4. The van der Waals surface area contributed by atoms with E-state index in [0.717, 1.165) is 12.8 Å². The number of benzene rings is 1. The number of hydrogen-bond acceptors (Lipinski definition) is 2. The zero-order chi connectivity index (χ0) is 16.8. The second-order valence-corrected chi connectivity index (χ2v) is 5.99. The first-order valence-electron chi connectivity index (χ1n) is 7.83. The number of carbonyl (C=O) groups excluding carboxylic acids is 1. The minimum Gasteiger partial charge on any atom is -0.480 e. The molecule has 1 unspecified atom stereocenters. The van der Waals surface area contributed by atoms with Crippen LogP contribution in [0, 0.1) is 5.92 Å². The number of amides is 1. The van der Waals surface area contributed by atoms with Gasteiger partial charge in [-0.2, -0.15) is 0 Å². The third kappa shape index (κ3) is 5.01. The Morgan fingerprint density at radius 1 is 1.13 bits per heavy atom. The summed E-state index contributed by atoms with van der Waals surface area (Å²) < 4.78 is 24.7. The molecule has 4 nitrogen and oxygen atoms in total. The van der Waals surface area contributed by atoms with Crippen LogP contribution in [0.1, 0.15) is 43.6 Å². The average molecular weight is 325 g/mol. The van der Waals surface area contributed by atoms with Crippen LogP contribution in [-0.4, -0.2) is 29.5 Å². The lowest BCUT2D eigenvalue weighted by Gasteiger charge is -2.29. The van der Waals surface area contributed by atoms with Crippen molar-refractivity contribution in [3.8, 4) is 0 Å². The second kappa shape index (κ2) is 8.04. The standard InChI is InChI=1S/C17H21F2NO3/c18-15(19)10-14(17(22)23)20-16(21)13-8-6-12(7-9-13)11-4-2-1-3-5-11/h1-5,12-15H,6-10H2,(H,20,21)(H,22,23). The molecule has 1 aliphatic carbocycles. The topological polar surface area (TPSA) is 66.4 Å². The number of aliphatic carboxylic acids is 1. The lowest BCUT2D eigenvalue weighted by Crippen LogP contribution is -2.45. The number of hydrogen-bond donors (Lipinski definition) is 2. The molecule has 0 heterocycles. The number of halogens is 2. The van der Waals surface area contributed by atoms with Crippen LogP contribution in [0.5, 0.6) is 0 Å². The van der Waals surface area contributed by atoms with Gasteiger partial charge in [0.05, 0.1) is 0 Å². The third-order valence-corrected chi connectivity index (χ3v) is 4.40.